The van der Waals surface area contributed by atoms with Gasteiger partial charge in [0.15, 0.2) is 0 Å². The highest BCUT2D eigenvalue weighted by Crippen LogP contribution is 2.08. The first-order valence-corrected chi connectivity index (χ1v) is 5.19. The lowest BCUT2D eigenvalue weighted by molar-refractivity contribution is -0.644. The van der Waals surface area contributed by atoms with Crippen molar-refractivity contribution in [2.24, 2.45) is 7.05 Å². The number of benzene rings is 1. The van der Waals surface area contributed by atoms with Crippen LogP contribution in [0.5, 0.6) is 0 Å². The second-order valence-electron chi connectivity index (χ2n) is 3.67. The SMILES string of the molecule is C[n+]1cc2nnnn2c2ccccc21.F[B-](F)(F)F. The van der Waals surface area contributed by atoms with E-state index in [1.54, 1.807) is 4.52 Å². The van der Waals surface area contributed by atoms with Gasteiger partial charge in [0.25, 0.3) is 0 Å². The lowest BCUT2D eigenvalue weighted by Gasteiger charge is -1.96. The molecule has 3 aromatic rings. The Kier molecular flexibility index (Phi) is 3.32. The maximum absolute atomic E-state index is 9.75. The van der Waals surface area contributed by atoms with Crippen molar-refractivity contribution in [3.05, 3.63) is 30.5 Å². The molecule has 0 atom stereocenters. The van der Waals surface area contributed by atoms with E-state index in [4.69, 9.17) is 0 Å². The Morgan fingerprint density at radius 2 is 1.79 bits per heavy atom. The molecule has 100 valence electrons. The molecule has 0 N–H and O–H groups in total. The summed E-state index contributed by atoms with van der Waals surface area (Å²) in [5, 5.41) is 11.5. The third-order valence-electron chi connectivity index (χ3n) is 2.29. The number of halogens is 4. The summed E-state index contributed by atoms with van der Waals surface area (Å²) in [4.78, 5) is 0. The summed E-state index contributed by atoms with van der Waals surface area (Å²) in [5.41, 5.74) is 2.87. The minimum Gasteiger partial charge on any atom is -0.418 e. The molecule has 0 aliphatic rings. The van der Waals surface area contributed by atoms with Crippen LogP contribution in [-0.4, -0.2) is 27.3 Å². The molecule has 0 unspecified atom stereocenters. The van der Waals surface area contributed by atoms with Crippen LogP contribution in [0.15, 0.2) is 30.5 Å². The maximum Gasteiger partial charge on any atom is 0.673 e. The van der Waals surface area contributed by atoms with Gasteiger partial charge in [-0.2, -0.15) is 9.08 Å². The second-order valence-corrected chi connectivity index (χ2v) is 3.67. The molecular formula is C9H8BF4N5. The van der Waals surface area contributed by atoms with Crippen LogP contribution in [0.3, 0.4) is 0 Å². The van der Waals surface area contributed by atoms with Crippen LogP contribution < -0.4 is 4.57 Å². The van der Waals surface area contributed by atoms with Crippen LogP contribution in [0.2, 0.25) is 0 Å². The summed E-state index contributed by atoms with van der Waals surface area (Å²) in [6.45, 7) is 0. The summed E-state index contributed by atoms with van der Waals surface area (Å²) < 4.78 is 42.7. The van der Waals surface area contributed by atoms with Crippen molar-refractivity contribution in [3.8, 4) is 0 Å². The summed E-state index contributed by atoms with van der Waals surface area (Å²) >= 11 is 0. The molecule has 2 heterocycles. The van der Waals surface area contributed by atoms with E-state index in [0.29, 0.717) is 0 Å². The van der Waals surface area contributed by atoms with E-state index in [9.17, 15) is 17.3 Å². The molecule has 2 aromatic heterocycles. The number of aryl methyl sites for hydroxylation is 1. The van der Waals surface area contributed by atoms with Gasteiger partial charge in [0.05, 0.1) is 0 Å². The van der Waals surface area contributed by atoms with Gasteiger partial charge in [0.1, 0.15) is 12.6 Å². The first kappa shape index (κ1) is 13.2. The zero-order chi connectivity index (χ0) is 14.0. The van der Waals surface area contributed by atoms with E-state index in [-0.39, 0.29) is 0 Å². The quantitative estimate of drug-likeness (QED) is 0.353. The minimum atomic E-state index is -6.00. The molecule has 0 amide bonds. The van der Waals surface area contributed by atoms with Gasteiger partial charge in [-0.05, 0) is 16.5 Å². The van der Waals surface area contributed by atoms with Gasteiger partial charge >= 0.3 is 7.25 Å². The van der Waals surface area contributed by atoms with Crippen molar-refractivity contribution >= 4 is 23.9 Å². The van der Waals surface area contributed by atoms with Crippen LogP contribution in [0.25, 0.3) is 16.7 Å². The highest BCUT2D eigenvalue weighted by molar-refractivity contribution is 6.50. The maximum atomic E-state index is 9.75. The van der Waals surface area contributed by atoms with Gasteiger partial charge in [-0.25, -0.2) is 0 Å². The molecule has 0 aliphatic heterocycles. The fourth-order valence-corrected chi connectivity index (χ4v) is 1.63. The predicted molar refractivity (Wildman–Crippen MR) is 59.6 cm³/mol. The predicted octanol–water partition coefficient (Wildman–Crippen LogP) is 1.40. The average Bonchev–Trinajstić information content (AvgIpc) is 2.75. The molecule has 0 bridgehead atoms. The molecule has 1 aromatic carbocycles. The minimum absolute atomic E-state index is 0.756. The summed E-state index contributed by atoms with van der Waals surface area (Å²) in [7, 11) is -4.02. The Labute approximate surface area is 104 Å². The third kappa shape index (κ3) is 3.15. The van der Waals surface area contributed by atoms with Gasteiger partial charge in [-0.3, -0.25) is 0 Å². The number of nitrogens with zero attached hydrogens (tertiary/aromatic N) is 5. The van der Waals surface area contributed by atoms with E-state index in [1.165, 1.54) is 0 Å². The van der Waals surface area contributed by atoms with E-state index in [0.717, 1.165) is 16.7 Å². The van der Waals surface area contributed by atoms with E-state index in [1.807, 2.05) is 42.1 Å². The smallest absolute Gasteiger partial charge is 0.418 e. The lowest BCUT2D eigenvalue weighted by atomic mass is 10.3. The number of hydrogen-bond acceptors (Lipinski definition) is 3. The summed E-state index contributed by atoms with van der Waals surface area (Å²) in [6, 6.07) is 8.01. The Bertz CT molecular complexity index is 704. The Morgan fingerprint density at radius 1 is 1.16 bits per heavy atom. The normalized spacial score (nSPS) is 11.4. The van der Waals surface area contributed by atoms with Crippen molar-refractivity contribution in [1.82, 2.24) is 20.0 Å². The molecule has 3 rings (SSSR count). The van der Waals surface area contributed by atoms with Crippen LogP contribution in [0, 0.1) is 0 Å². The Morgan fingerprint density at radius 3 is 2.47 bits per heavy atom. The number of fused-ring (bicyclic) bond motifs is 3. The highest BCUT2D eigenvalue weighted by atomic mass is 19.5. The van der Waals surface area contributed by atoms with Crippen LogP contribution in [-0.2, 0) is 7.05 Å². The molecular weight excluding hydrogens is 265 g/mol. The summed E-state index contributed by atoms with van der Waals surface area (Å²) in [5.74, 6) is 0. The number of tetrazole rings is 1. The third-order valence-corrected chi connectivity index (χ3v) is 2.29. The van der Waals surface area contributed by atoms with E-state index in [2.05, 4.69) is 15.5 Å². The number of aromatic nitrogens is 5. The molecule has 0 spiro atoms. The monoisotopic (exact) mass is 273 g/mol. The molecule has 0 saturated heterocycles. The fourth-order valence-electron chi connectivity index (χ4n) is 1.63. The van der Waals surface area contributed by atoms with Gasteiger partial charge < -0.3 is 17.3 Å². The Balaban J connectivity index is 0.000000232. The second kappa shape index (κ2) is 4.79. The van der Waals surface area contributed by atoms with Gasteiger partial charge in [0, 0.05) is 6.07 Å². The van der Waals surface area contributed by atoms with Gasteiger partial charge in [-0.15, -0.1) is 5.10 Å². The van der Waals surface area contributed by atoms with Crippen LogP contribution in [0.1, 0.15) is 0 Å². The fraction of sp³-hybridized carbons (Fsp3) is 0.111. The van der Waals surface area contributed by atoms with Crippen molar-refractivity contribution < 1.29 is 21.8 Å². The van der Waals surface area contributed by atoms with Crippen molar-refractivity contribution in [3.63, 3.8) is 0 Å². The number of para-hydroxylation sites is 2. The molecule has 5 nitrogen and oxygen atoms in total. The summed E-state index contributed by atoms with van der Waals surface area (Å²) in [6.07, 6.45) is 1.91. The zero-order valence-electron chi connectivity index (χ0n) is 9.71. The van der Waals surface area contributed by atoms with Gasteiger partial charge in [-0.1, -0.05) is 12.1 Å². The van der Waals surface area contributed by atoms with Crippen LogP contribution >= 0.6 is 0 Å². The molecule has 0 fully saturated rings. The molecule has 19 heavy (non-hydrogen) atoms. The van der Waals surface area contributed by atoms with E-state index >= 15 is 0 Å². The zero-order valence-corrected chi connectivity index (χ0v) is 9.71. The standard InChI is InChI=1S/C9H8N5.BF4/c1-13-6-9-10-11-12-14(9)8-5-3-2-4-7(8)13;2-1(3,4)5/h2-6H,1H3;/q+1;-1. The van der Waals surface area contributed by atoms with Crippen LogP contribution in [0.4, 0.5) is 17.3 Å². The lowest BCUT2D eigenvalue weighted by Crippen LogP contribution is -2.29. The molecule has 10 heteroatoms. The topological polar surface area (TPSA) is 47.0 Å². The van der Waals surface area contributed by atoms with E-state index < -0.39 is 7.25 Å². The number of rotatable bonds is 0. The molecule has 0 saturated carbocycles. The average molecular weight is 273 g/mol. The van der Waals surface area contributed by atoms with Crippen molar-refractivity contribution in [1.29, 1.82) is 0 Å². The van der Waals surface area contributed by atoms with Crippen molar-refractivity contribution in [2.45, 2.75) is 0 Å². The van der Waals surface area contributed by atoms with Gasteiger partial charge in [0.2, 0.25) is 17.4 Å². The first-order chi connectivity index (χ1) is 8.86. The molecule has 0 aliphatic carbocycles. The number of hydrogen-bond donors (Lipinski definition) is 0. The Hall–Kier alpha value is -2.26. The highest BCUT2D eigenvalue weighted by Gasteiger charge is 2.20. The largest absolute Gasteiger partial charge is 0.673 e. The molecule has 0 radical (unpaired) electrons. The first-order valence-electron chi connectivity index (χ1n) is 5.19. The van der Waals surface area contributed by atoms with Crippen molar-refractivity contribution in [2.75, 3.05) is 0 Å².